The molecule has 1 aromatic carbocycles. The number of hydrogen-bond acceptors (Lipinski definition) is 2. The molecular formula is C17H26N2. The number of piperazine rings is 1. The quantitative estimate of drug-likeness (QED) is 0.764. The molecule has 0 saturated carbocycles. The van der Waals surface area contributed by atoms with Crippen LogP contribution >= 0.6 is 0 Å². The second-order valence-corrected chi connectivity index (χ2v) is 6.50. The highest BCUT2D eigenvalue weighted by Crippen LogP contribution is 2.35. The van der Waals surface area contributed by atoms with Gasteiger partial charge >= 0.3 is 0 Å². The molecule has 0 aromatic heterocycles. The zero-order chi connectivity index (χ0) is 13.4. The van der Waals surface area contributed by atoms with Gasteiger partial charge < -0.3 is 9.80 Å². The molecule has 1 unspecified atom stereocenters. The fourth-order valence-corrected chi connectivity index (χ4v) is 3.56. The van der Waals surface area contributed by atoms with Gasteiger partial charge in [-0.25, -0.2) is 0 Å². The fraction of sp³-hybridized carbons (Fsp3) is 0.647. The maximum atomic E-state index is 2.61. The number of rotatable bonds is 1. The first-order valence-corrected chi connectivity index (χ1v) is 7.70. The third-order valence-electron chi connectivity index (χ3n) is 4.92. The summed E-state index contributed by atoms with van der Waals surface area (Å²) in [5.41, 5.74) is 6.33. The third kappa shape index (κ3) is 2.51. The summed E-state index contributed by atoms with van der Waals surface area (Å²) in [4.78, 5) is 5.04. The molecule has 1 atom stereocenters. The van der Waals surface area contributed by atoms with Crippen molar-refractivity contribution in [3.63, 3.8) is 0 Å². The van der Waals surface area contributed by atoms with E-state index in [0.29, 0.717) is 0 Å². The molecule has 0 bridgehead atoms. The molecular weight excluding hydrogens is 232 g/mol. The van der Waals surface area contributed by atoms with Crippen LogP contribution in [-0.4, -0.2) is 38.1 Å². The van der Waals surface area contributed by atoms with E-state index in [0.717, 1.165) is 5.92 Å². The van der Waals surface area contributed by atoms with Gasteiger partial charge in [-0.05, 0) is 61.9 Å². The van der Waals surface area contributed by atoms with Gasteiger partial charge in [0.05, 0.1) is 0 Å². The van der Waals surface area contributed by atoms with Crippen molar-refractivity contribution in [2.75, 3.05) is 38.1 Å². The second-order valence-electron chi connectivity index (χ2n) is 6.50. The van der Waals surface area contributed by atoms with Crippen LogP contribution in [0.25, 0.3) is 0 Å². The van der Waals surface area contributed by atoms with Crippen LogP contribution in [-0.2, 0) is 12.8 Å². The van der Waals surface area contributed by atoms with Crippen LogP contribution in [0.3, 0.4) is 0 Å². The highest BCUT2D eigenvalue weighted by molar-refractivity contribution is 5.60. The number of likely N-dealkylation sites (N-methyl/N-ethyl adjacent to an activating group) is 1. The van der Waals surface area contributed by atoms with Crippen LogP contribution in [0.15, 0.2) is 12.1 Å². The molecule has 0 spiro atoms. The van der Waals surface area contributed by atoms with Crippen molar-refractivity contribution in [3.8, 4) is 0 Å². The number of fused-ring (bicyclic) bond motifs is 1. The Morgan fingerprint density at radius 1 is 1.05 bits per heavy atom. The lowest BCUT2D eigenvalue weighted by Crippen LogP contribution is -2.45. The van der Waals surface area contributed by atoms with Crippen molar-refractivity contribution in [1.29, 1.82) is 0 Å². The average Bonchev–Trinajstić information content (AvgIpc) is 2.40. The van der Waals surface area contributed by atoms with Crippen molar-refractivity contribution >= 4 is 5.69 Å². The highest BCUT2D eigenvalue weighted by Gasteiger charge is 2.23. The van der Waals surface area contributed by atoms with E-state index in [1.54, 1.807) is 11.1 Å². The van der Waals surface area contributed by atoms with Gasteiger partial charge in [0.15, 0.2) is 0 Å². The molecule has 104 valence electrons. The second kappa shape index (κ2) is 5.16. The zero-order valence-corrected chi connectivity index (χ0v) is 12.6. The van der Waals surface area contributed by atoms with Crippen molar-refractivity contribution < 1.29 is 0 Å². The smallest absolute Gasteiger partial charge is 0.0402 e. The van der Waals surface area contributed by atoms with E-state index in [9.17, 15) is 0 Å². The van der Waals surface area contributed by atoms with E-state index in [-0.39, 0.29) is 0 Å². The summed E-state index contributed by atoms with van der Waals surface area (Å²) in [5, 5.41) is 0. The molecule has 2 aliphatic rings. The van der Waals surface area contributed by atoms with E-state index in [1.807, 2.05) is 0 Å². The van der Waals surface area contributed by atoms with Crippen LogP contribution in [0, 0.1) is 12.8 Å². The summed E-state index contributed by atoms with van der Waals surface area (Å²) in [7, 11) is 2.23. The minimum absolute atomic E-state index is 0.848. The third-order valence-corrected chi connectivity index (χ3v) is 4.92. The van der Waals surface area contributed by atoms with Gasteiger partial charge in [-0.1, -0.05) is 13.0 Å². The minimum atomic E-state index is 0.848. The highest BCUT2D eigenvalue weighted by atomic mass is 15.2. The molecule has 1 saturated heterocycles. The molecule has 0 radical (unpaired) electrons. The molecule has 1 aromatic rings. The van der Waals surface area contributed by atoms with E-state index in [4.69, 9.17) is 0 Å². The summed E-state index contributed by atoms with van der Waals surface area (Å²) in [6.07, 6.45) is 3.92. The largest absolute Gasteiger partial charge is 0.369 e. The van der Waals surface area contributed by atoms with E-state index in [2.05, 4.69) is 42.8 Å². The Morgan fingerprint density at radius 2 is 1.79 bits per heavy atom. The number of benzene rings is 1. The lowest BCUT2D eigenvalue weighted by molar-refractivity contribution is 0.312. The standard InChI is InChI=1S/C17H26N2/c1-13-4-6-15-14(2)5-7-17(16(15)12-13)19-10-8-18(3)9-11-19/h5,7,13H,4,6,8-12H2,1-3H3. The molecule has 2 heteroatoms. The van der Waals surface area contributed by atoms with Gasteiger partial charge in [-0.2, -0.15) is 0 Å². The lowest BCUT2D eigenvalue weighted by Gasteiger charge is -2.37. The number of nitrogens with zero attached hydrogens (tertiary/aromatic N) is 2. The predicted octanol–water partition coefficient (Wildman–Crippen LogP) is 2.87. The summed E-state index contributed by atoms with van der Waals surface area (Å²) in [5.74, 6) is 0.848. The minimum Gasteiger partial charge on any atom is -0.369 e. The summed E-state index contributed by atoms with van der Waals surface area (Å²) >= 11 is 0. The fourth-order valence-electron chi connectivity index (χ4n) is 3.56. The molecule has 1 fully saturated rings. The number of aryl methyl sites for hydroxylation is 1. The first-order chi connectivity index (χ1) is 9.15. The van der Waals surface area contributed by atoms with E-state index < -0.39 is 0 Å². The first kappa shape index (κ1) is 13.0. The molecule has 1 aliphatic carbocycles. The molecule has 19 heavy (non-hydrogen) atoms. The van der Waals surface area contributed by atoms with Crippen molar-refractivity contribution in [2.45, 2.75) is 33.1 Å². The molecule has 0 N–H and O–H groups in total. The monoisotopic (exact) mass is 258 g/mol. The zero-order valence-electron chi connectivity index (χ0n) is 12.6. The molecule has 1 heterocycles. The summed E-state index contributed by atoms with van der Waals surface area (Å²) in [6.45, 7) is 9.43. The topological polar surface area (TPSA) is 6.48 Å². The van der Waals surface area contributed by atoms with Gasteiger partial charge in [-0.15, -0.1) is 0 Å². The van der Waals surface area contributed by atoms with Crippen LogP contribution in [0.1, 0.15) is 30.0 Å². The maximum absolute atomic E-state index is 2.61. The van der Waals surface area contributed by atoms with Gasteiger partial charge in [0, 0.05) is 31.9 Å². The predicted molar refractivity (Wildman–Crippen MR) is 82.1 cm³/mol. The summed E-state index contributed by atoms with van der Waals surface area (Å²) in [6, 6.07) is 4.71. The van der Waals surface area contributed by atoms with Crippen molar-refractivity contribution in [1.82, 2.24) is 4.90 Å². The van der Waals surface area contributed by atoms with Crippen LogP contribution in [0.2, 0.25) is 0 Å². The Balaban J connectivity index is 1.93. The van der Waals surface area contributed by atoms with Crippen LogP contribution in [0.5, 0.6) is 0 Å². The number of anilines is 1. The van der Waals surface area contributed by atoms with Gasteiger partial charge in [0.1, 0.15) is 0 Å². The van der Waals surface area contributed by atoms with Gasteiger partial charge in [0.2, 0.25) is 0 Å². The summed E-state index contributed by atoms with van der Waals surface area (Å²) < 4.78 is 0. The van der Waals surface area contributed by atoms with Crippen LogP contribution in [0.4, 0.5) is 5.69 Å². The average molecular weight is 258 g/mol. The lowest BCUT2D eigenvalue weighted by atomic mass is 9.81. The molecule has 1 aliphatic heterocycles. The molecule has 3 rings (SSSR count). The molecule has 0 amide bonds. The normalized spacial score (nSPS) is 24.4. The van der Waals surface area contributed by atoms with Gasteiger partial charge in [-0.3, -0.25) is 0 Å². The van der Waals surface area contributed by atoms with Gasteiger partial charge in [0.25, 0.3) is 0 Å². The first-order valence-electron chi connectivity index (χ1n) is 7.70. The Hall–Kier alpha value is -1.02. The molecule has 2 nitrogen and oxygen atoms in total. The Morgan fingerprint density at radius 3 is 2.53 bits per heavy atom. The van der Waals surface area contributed by atoms with Crippen LogP contribution < -0.4 is 4.90 Å². The number of hydrogen-bond donors (Lipinski definition) is 0. The Kier molecular flexibility index (Phi) is 3.53. The van der Waals surface area contributed by atoms with Crippen molar-refractivity contribution in [2.24, 2.45) is 5.92 Å². The Bertz CT molecular complexity index is 459. The SMILES string of the molecule is Cc1ccc(N2CCN(C)CC2)c2c1CCC(C)C2. The van der Waals surface area contributed by atoms with E-state index >= 15 is 0 Å². The van der Waals surface area contributed by atoms with Crippen molar-refractivity contribution in [3.05, 3.63) is 28.8 Å². The van der Waals surface area contributed by atoms with E-state index in [1.165, 1.54) is 56.7 Å². The maximum Gasteiger partial charge on any atom is 0.0402 e. The Labute approximate surface area is 117 Å².